The van der Waals surface area contributed by atoms with Gasteiger partial charge in [0.1, 0.15) is 19.7 Å². The number of sulfone groups is 2. The summed E-state index contributed by atoms with van der Waals surface area (Å²) in [6, 6.07) is 0. The summed E-state index contributed by atoms with van der Waals surface area (Å²) in [7, 11) is -13.7. The van der Waals surface area contributed by atoms with Crippen molar-refractivity contribution in [2.24, 2.45) is 0 Å². The number of rotatable bonds is 8. The second-order valence-corrected chi connectivity index (χ2v) is 8.79. The quantitative estimate of drug-likeness (QED) is 0.260. The summed E-state index contributed by atoms with van der Waals surface area (Å²) in [6.07, 6.45) is -2.68. The molecule has 0 radical (unpaired) electrons. The van der Waals surface area contributed by atoms with E-state index in [1.165, 1.54) is 6.08 Å². The third-order valence-electron chi connectivity index (χ3n) is 2.55. The molecule has 1 unspecified atom stereocenters. The van der Waals surface area contributed by atoms with Crippen molar-refractivity contribution in [1.82, 2.24) is 0 Å². The van der Waals surface area contributed by atoms with Gasteiger partial charge in [0.05, 0.1) is 6.10 Å². The molecule has 0 spiro atoms. The number of alkyl halides is 6. The standard InChI is InChI=1S/C11H13F6O6S2/c1-3-4-5-8(18)23-7(2)6-9(24(19,20)10(12,13)14)25(21,22)11(15,16)17/h3,7H,1,4-6H2,2H3/q-1. The molecule has 0 fully saturated rings. The van der Waals surface area contributed by atoms with Gasteiger partial charge in [-0.3, -0.25) is 21.6 Å². The lowest BCUT2D eigenvalue weighted by molar-refractivity contribution is -0.148. The zero-order valence-corrected chi connectivity index (χ0v) is 14.1. The molecule has 0 aromatic heterocycles. The molecule has 0 N–H and O–H groups in total. The zero-order valence-electron chi connectivity index (χ0n) is 12.5. The maximum Gasteiger partial charge on any atom is 0.469 e. The molecule has 14 heteroatoms. The van der Waals surface area contributed by atoms with Crippen LogP contribution in [0, 0.1) is 4.58 Å². The molecule has 1 atom stereocenters. The highest BCUT2D eigenvalue weighted by atomic mass is 32.3. The maximum absolute atomic E-state index is 12.5. The first-order valence-electron chi connectivity index (χ1n) is 6.27. The fourth-order valence-corrected chi connectivity index (χ4v) is 4.55. The average molecular weight is 419 g/mol. The molecular weight excluding hydrogens is 406 g/mol. The maximum atomic E-state index is 12.5. The predicted molar refractivity (Wildman–Crippen MR) is 72.8 cm³/mol. The minimum atomic E-state index is -6.83. The largest absolute Gasteiger partial charge is 0.469 e. The van der Waals surface area contributed by atoms with Crippen LogP contribution in [0.4, 0.5) is 26.3 Å². The van der Waals surface area contributed by atoms with Crippen molar-refractivity contribution < 1.29 is 52.7 Å². The lowest BCUT2D eigenvalue weighted by Gasteiger charge is -2.33. The summed E-state index contributed by atoms with van der Waals surface area (Å²) in [5.74, 6) is -1.08. The van der Waals surface area contributed by atoms with E-state index in [0.29, 0.717) is 0 Å². The summed E-state index contributed by atoms with van der Waals surface area (Å²) in [5.41, 5.74) is -12.6. The van der Waals surface area contributed by atoms with Gasteiger partial charge in [0, 0.05) is 6.42 Å². The Morgan fingerprint density at radius 3 is 1.80 bits per heavy atom. The lowest BCUT2D eigenvalue weighted by Crippen LogP contribution is -2.41. The van der Waals surface area contributed by atoms with Gasteiger partial charge in [0.15, 0.2) is 0 Å². The van der Waals surface area contributed by atoms with Crippen LogP contribution in [0.1, 0.15) is 26.2 Å². The van der Waals surface area contributed by atoms with E-state index >= 15 is 0 Å². The SMILES string of the molecule is C=CCCC(=O)OC(C)C[C-](S(=O)(=O)C(F)(F)F)S(=O)(=O)C(F)(F)F. The second-order valence-electron chi connectivity index (χ2n) is 4.60. The smallest absolute Gasteiger partial charge is 0.465 e. The minimum Gasteiger partial charge on any atom is -0.465 e. The highest BCUT2D eigenvalue weighted by molar-refractivity contribution is 8.13. The lowest BCUT2D eigenvalue weighted by atomic mass is 10.3. The van der Waals surface area contributed by atoms with E-state index in [-0.39, 0.29) is 12.8 Å². The molecule has 0 aliphatic heterocycles. The topological polar surface area (TPSA) is 94.6 Å². The van der Waals surface area contributed by atoms with Crippen molar-refractivity contribution in [3.8, 4) is 0 Å². The molecule has 148 valence electrons. The molecule has 6 nitrogen and oxygen atoms in total. The van der Waals surface area contributed by atoms with Crippen molar-refractivity contribution >= 4 is 25.6 Å². The van der Waals surface area contributed by atoms with Gasteiger partial charge in [-0.2, -0.15) is 26.3 Å². The van der Waals surface area contributed by atoms with Gasteiger partial charge >= 0.3 is 17.0 Å². The third-order valence-corrected chi connectivity index (χ3v) is 6.62. The highest BCUT2D eigenvalue weighted by Gasteiger charge is 2.54. The van der Waals surface area contributed by atoms with Crippen LogP contribution in [0.5, 0.6) is 0 Å². The van der Waals surface area contributed by atoms with Crippen LogP contribution >= 0.6 is 0 Å². The average Bonchev–Trinajstić information content (AvgIpc) is 2.39. The number of hydrogen-bond donors (Lipinski definition) is 0. The molecule has 0 bridgehead atoms. The first kappa shape index (κ1) is 23.7. The fourth-order valence-electron chi connectivity index (χ4n) is 1.40. The molecule has 0 aliphatic carbocycles. The van der Waals surface area contributed by atoms with Crippen LogP contribution in [-0.2, 0) is 29.2 Å². The number of esters is 1. The van der Waals surface area contributed by atoms with Crippen LogP contribution in [-0.4, -0.2) is 39.9 Å². The summed E-state index contributed by atoms with van der Waals surface area (Å²) in [5, 5.41) is 0. The molecule has 0 rings (SSSR count). The van der Waals surface area contributed by atoms with Crippen molar-refractivity contribution in [3.63, 3.8) is 0 Å². The Labute approximate surface area is 139 Å². The molecular formula is C11H13F6O6S2-. The van der Waals surface area contributed by atoms with E-state index in [9.17, 15) is 48.0 Å². The zero-order chi connectivity index (χ0) is 20.3. The Bertz CT molecular complexity index is 648. The number of allylic oxidation sites excluding steroid dienone is 1. The molecule has 0 aliphatic rings. The Morgan fingerprint density at radius 2 is 1.48 bits per heavy atom. The molecule has 0 aromatic rings. The Balaban J connectivity index is 5.74. The number of carbonyl (C=O) groups excluding carboxylic acids is 1. The van der Waals surface area contributed by atoms with E-state index < -0.39 is 53.8 Å². The molecule has 0 heterocycles. The van der Waals surface area contributed by atoms with Crippen molar-refractivity contribution in [2.45, 2.75) is 43.3 Å². The van der Waals surface area contributed by atoms with Gasteiger partial charge in [-0.15, -0.1) is 13.0 Å². The van der Waals surface area contributed by atoms with Gasteiger partial charge < -0.3 is 4.74 Å². The molecule has 0 saturated heterocycles. The minimum absolute atomic E-state index is 0.0732. The van der Waals surface area contributed by atoms with E-state index in [1.807, 2.05) is 0 Å². The first-order chi connectivity index (χ1) is 11.0. The fraction of sp³-hybridized carbons (Fsp3) is 0.636. The second kappa shape index (κ2) is 7.93. The predicted octanol–water partition coefficient (Wildman–Crippen LogP) is 2.63. The van der Waals surface area contributed by atoms with Gasteiger partial charge in [0.2, 0.25) is 0 Å². The molecule has 25 heavy (non-hydrogen) atoms. The van der Waals surface area contributed by atoms with E-state index in [1.54, 1.807) is 0 Å². The van der Waals surface area contributed by atoms with Crippen molar-refractivity contribution in [2.75, 3.05) is 0 Å². The van der Waals surface area contributed by atoms with Gasteiger partial charge in [-0.25, -0.2) is 0 Å². The Hall–Kier alpha value is -1.31. The molecule has 0 amide bonds. The summed E-state index contributed by atoms with van der Waals surface area (Å²) in [6.45, 7) is 4.01. The van der Waals surface area contributed by atoms with Gasteiger partial charge in [-0.05, 0) is 13.3 Å². The summed E-state index contributed by atoms with van der Waals surface area (Å²) < 4.78 is 122. The van der Waals surface area contributed by atoms with E-state index in [4.69, 9.17) is 0 Å². The molecule has 0 aromatic carbocycles. The van der Waals surface area contributed by atoms with Crippen LogP contribution in [0.25, 0.3) is 0 Å². The van der Waals surface area contributed by atoms with Gasteiger partial charge in [0.25, 0.3) is 0 Å². The summed E-state index contributed by atoms with van der Waals surface area (Å²) >= 11 is 0. The van der Waals surface area contributed by atoms with E-state index in [2.05, 4.69) is 11.3 Å². The Morgan fingerprint density at radius 1 is 1.08 bits per heavy atom. The first-order valence-corrected chi connectivity index (χ1v) is 9.24. The van der Waals surface area contributed by atoms with Gasteiger partial charge in [-0.1, -0.05) is 10.7 Å². The number of carbonyl (C=O) groups is 1. The van der Waals surface area contributed by atoms with Crippen LogP contribution in [0.3, 0.4) is 0 Å². The van der Waals surface area contributed by atoms with Crippen molar-refractivity contribution in [1.29, 1.82) is 0 Å². The number of halogens is 6. The Kier molecular flexibility index (Phi) is 7.51. The van der Waals surface area contributed by atoms with Crippen LogP contribution < -0.4 is 0 Å². The monoisotopic (exact) mass is 419 g/mol. The third kappa shape index (κ3) is 5.87. The molecule has 0 saturated carbocycles. The number of hydrogen-bond acceptors (Lipinski definition) is 6. The normalized spacial score (nSPS) is 15.0. The van der Waals surface area contributed by atoms with Crippen molar-refractivity contribution in [3.05, 3.63) is 17.2 Å². The van der Waals surface area contributed by atoms with Crippen LogP contribution in [0.15, 0.2) is 12.7 Å². The summed E-state index contributed by atoms with van der Waals surface area (Å²) in [4.78, 5) is 11.3. The number of ether oxygens (including phenoxy) is 1. The highest BCUT2D eigenvalue weighted by Crippen LogP contribution is 2.43. The van der Waals surface area contributed by atoms with E-state index in [0.717, 1.165) is 6.92 Å². The van der Waals surface area contributed by atoms with Crippen LogP contribution in [0.2, 0.25) is 0 Å².